The van der Waals surface area contributed by atoms with Gasteiger partial charge in [0.15, 0.2) is 0 Å². The summed E-state index contributed by atoms with van der Waals surface area (Å²) in [5.41, 5.74) is -5.01. The SMILES string of the molecule is N#Cc1c(CCl)cc(S(=O)(=O)Cl)cc1SC(F)(F)F. The molecule has 0 heterocycles. The van der Waals surface area contributed by atoms with Gasteiger partial charge in [0.1, 0.15) is 6.07 Å². The van der Waals surface area contributed by atoms with Gasteiger partial charge in [-0.25, -0.2) is 8.42 Å². The fraction of sp³-hybridized carbons (Fsp3) is 0.222. The Morgan fingerprint density at radius 3 is 2.32 bits per heavy atom. The third-order valence-electron chi connectivity index (χ3n) is 1.92. The summed E-state index contributed by atoms with van der Waals surface area (Å²) in [5.74, 6) is -0.311. The Bertz CT molecular complexity index is 638. The normalized spacial score (nSPS) is 12.2. The smallest absolute Gasteiger partial charge is 0.207 e. The van der Waals surface area contributed by atoms with Crippen molar-refractivity contribution in [3.8, 4) is 6.07 Å². The highest BCUT2D eigenvalue weighted by atomic mass is 35.7. The van der Waals surface area contributed by atoms with E-state index in [1.807, 2.05) is 0 Å². The first-order valence-electron chi connectivity index (χ1n) is 4.42. The van der Waals surface area contributed by atoms with E-state index in [9.17, 15) is 21.6 Å². The molecular formula is C9H4Cl2F3NO2S2. The maximum absolute atomic E-state index is 12.4. The summed E-state index contributed by atoms with van der Waals surface area (Å²) in [6.45, 7) is 0. The molecule has 0 radical (unpaired) electrons. The molecule has 3 nitrogen and oxygen atoms in total. The largest absolute Gasteiger partial charge is 0.446 e. The number of thioether (sulfide) groups is 1. The molecule has 1 rings (SSSR count). The minimum absolute atomic E-state index is 0.0300. The van der Waals surface area contributed by atoms with Crippen molar-refractivity contribution in [1.29, 1.82) is 5.26 Å². The second-order valence-corrected chi connectivity index (χ2v) is 7.13. The zero-order valence-electron chi connectivity index (χ0n) is 8.83. The lowest BCUT2D eigenvalue weighted by molar-refractivity contribution is -0.0328. The summed E-state index contributed by atoms with van der Waals surface area (Å²) in [6, 6.07) is 3.26. The lowest BCUT2D eigenvalue weighted by Gasteiger charge is -2.11. The predicted octanol–water partition coefficient (Wildman–Crippen LogP) is 3.84. The molecule has 0 aliphatic carbocycles. The van der Waals surface area contributed by atoms with Crippen LogP contribution in [0.1, 0.15) is 11.1 Å². The Labute approximate surface area is 120 Å². The van der Waals surface area contributed by atoms with Crippen LogP contribution in [0.3, 0.4) is 0 Å². The maximum atomic E-state index is 12.4. The maximum Gasteiger partial charge on any atom is 0.446 e. The molecule has 0 atom stereocenters. The van der Waals surface area contributed by atoms with E-state index in [0.29, 0.717) is 6.07 Å². The van der Waals surface area contributed by atoms with E-state index < -0.39 is 36.1 Å². The van der Waals surface area contributed by atoms with E-state index in [1.54, 1.807) is 6.07 Å². The van der Waals surface area contributed by atoms with Crippen LogP contribution in [-0.4, -0.2) is 13.9 Å². The third-order valence-corrected chi connectivity index (χ3v) is 4.31. The topological polar surface area (TPSA) is 57.9 Å². The molecule has 10 heteroatoms. The minimum Gasteiger partial charge on any atom is -0.207 e. The van der Waals surface area contributed by atoms with Gasteiger partial charge in [-0.05, 0) is 29.5 Å². The number of nitriles is 1. The van der Waals surface area contributed by atoms with Crippen LogP contribution in [0.25, 0.3) is 0 Å². The van der Waals surface area contributed by atoms with Crippen molar-refractivity contribution in [1.82, 2.24) is 0 Å². The van der Waals surface area contributed by atoms with Crippen molar-refractivity contribution >= 4 is 43.1 Å². The molecule has 0 spiro atoms. The molecule has 0 aromatic heterocycles. The highest BCUT2D eigenvalue weighted by Crippen LogP contribution is 2.40. The predicted molar refractivity (Wildman–Crippen MR) is 65.7 cm³/mol. The summed E-state index contributed by atoms with van der Waals surface area (Å²) in [7, 11) is 0.867. The summed E-state index contributed by atoms with van der Waals surface area (Å²) in [4.78, 5) is -1.08. The molecular weight excluding hydrogens is 346 g/mol. The Hall–Kier alpha value is -0.620. The fourth-order valence-electron chi connectivity index (χ4n) is 1.22. The van der Waals surface area contributed by atoms with Crippen molar-refractivity contribution in [3.05, 3.63) is 23.3 Å². The van der Waals surface area contributed by atoms with Crippen LogP contribution in [0.2, 0.25) is 0 Å². The lowest BCUT2D eigenvalue weighted by atomic mass is 10.1. The summed E-state index contributed by atoms with van der Waals surface area (Å²) < 4.78 is 59.4. The molecule has 0 saturated carbocycles. The van der Waals surface area contributed by atoms with Gasteiger partial charge in [-0.2, -0.15) is 18.4 Å². The first-order chi connectivity index (χ1) is 8.58. The van der Waals surface area contributed by atoms with Crippen LogP contribution in [0.4, 0.5) is 13.2 Å². The van der Waals surface area contributed by atoms with Crippen molar-refractivity contribution in [2.75, 3.05) is 0 Å². The molecule has 0 amide bonds. The van der Waals surface area contributed by atoms with Crippen LogP contribution >= 0.6 is 34.0 Å². The third kappa shape index (κ3) is 4.45. The molecule has 0 aliphatic rings. The average molecular weight is 350 g/mol. The highest BCUT2D eigenvalue weighted by molar-refractivity contribution is 8.13. The lowest BCUT2D eigenvalue weighted by Crippen LogP contribution is -2.03. The minimum atomic E-state index is -4.66. The van der Waals surface area contributed by atoms with Crippen molar-refractivity contribution in [2.24, 2.45) is 0 Å². The van der Waals surface area contributed by atoms with Crippen LogP contribution in [-0.2, 0) is 14.9 Å². The van der Waals surface area contributed by atoms with E-state index in [4.69, 9.17) is 27.5 Å². The number of halogens is 5. The monoisotopic (exact) mass is 349 g/mol. The van der Waals surface area contributed by atoms with E-state index in [1.165, 1.54) is 0 Å². The number of benzene rings is 1. The second kappa shape index (κ2) is 5.79. The number of alkyl halides is 4. The van der Waals surface area contributed by atoms with Crippen LogP contribution in [0, 0.1) is 11.3 Å². The number of hydrogen-bond donors (Lipinski definition) is 0. The number of hydrogen-bond acceptors (Lipinski definition) is 4. The molecule has 0 aliphatic heterocycles. The van der Waals surface area contributed by atoms with Crippen LogP contribution in [0.5, 0.6) is 0 Å². The van der Waals surface area contributed by atoms with E-state index in [0.717, 1.165) is 6.07 Å². The van der Waals surface area contributed by atoms with Crippen molar-refractivity contribution in [2.45, 2.75) is 21.2 Å². The second-order valence-electron chi connectivity index (χ2n) is 3.19. The molecule has 19 heavy (non-hydrogen) atoms. The van der Waals surface area contributed by atoms with Gasteiger partial charge in [-0.1, -0.05) is 0 Å². The first kappa shape index (κ1) is 16.4. The van der Waals surface area contributed by atoms with Gasteiger partial charge >= 0.3 is 5.51 Å². The van der Waals surface area contributed by atoms with Crippen molar-refractivity contribution in [3.63, 3.8) is 0 Å². The van der Waals surface area contributed by atoms with Gasteiger partial charge in [-0.3, -0.25) is 0 Å². The molecule has 1 aromatic rings. The molecule has 0 saturated heterocycles. The Kier molecular flexibility index (Phi) is 5.01. The highest BCUT2D eigenvalue weighted by Gasteiger charge is 2.32. The van der Waals surface area contributed by atoms with Gasteiger partial charge in [0, 0.05) is 21.5 Å². The molecule has 0 N–H and O–H groups in total. The van der Waals surface area contributed by atoms with Crippen molar-refractivity contribution < 1.29 is 21.6 Å². The molecule has 104 valence electrons. The average Bonchev–Trinajstić information content (AvgIpc) is 2.24. The summed E-state index contributed by atoms with van der Waals surface area (Å²) in [6.07, 6.45) is 0. The quantitative estimate of drug-likeness (QED) is 0.472. The zero-order chi connectivity index (χ0) is 14.8. The van der Waals surface area contributed by atoms with Crippen LogP contribution in [0.15, 0.2) is 21.9 Å². The van der Waals surface area contributed by atoms with Gasteiger partial charge in [0.05, 0.1) is 10.5 Å². The number of rotatable bonds is 3. The summed E-state index contributed by atoms with van der Waals surface area (Å²) in [5, 5.41) is 8.85. The van der Waals surface area contributed by atoms with E-state index >= 15 is 0 Å². The molecule has 0 unspecified atom stereocenters. The van der Waals surface area contributed by atoms with E-state index in [2.05, 4.69) is 0 Å². The van der Waals surface area contributed by atoms with Gasteiger partial charge < -0.3 is 0 Å². The van der Waals surface area contributed by atoms with Crippen LogP contribution < -0.4 is 0 Å². The summed E-state index contributed by atoms with van der Waals surface area (Å²) >= 11 is 4.90. The Morgan fingerprint density at radius 2 is 1.95 bits per heavy atom. The molecule has 0 bridgehead atoms. The Balaban J connectivity index is 3.55. The number of nitrogens with zero attached hydrogens (tertiary/aromatic N) is 1. The van der Waals surface area contributed by atoms with E-state index in [-0.39, 0.29) is 17.0 Å². The first-order valence-corrected chi connectivity index (χ1v) is 8.08. The zero-order valence-corrected chi connectivity index (χ0v) is 12.0. The van der Waals surface area contributed by atoms with Gasteiger partial charge in [0.2, 0.25) is 0 Å². The fourth-order valence-corrected chi connectivity index (χ4v) is 3.03. The Morgan fingerprint density at radius 1 is 1.37 bits per heavy atom. The van der Waals surface area contributed by atoms with Gasteiger partial charge in [-0.15, -0.1) is 11.6 Å². The standard InChI is InChI=1S/C9H4Cl2F3NO2S2/c10-3-5-1-6(19(11,16)17)2-8(7(5)4-15)18-9(12,13)14/h1-2H,3H2. The van der Waals surface area contributed by atoms with Gasteiger partial charge in [0.25, 0.3) is 9.05 Å². The molecule has 1 aromatic carbocycles. The molecule has 0 fully saturated rings.